The van der Waals surface area contributed by atoms with Crippen LogP contribution in [0.4, 0.5) is 0 Å². The molecule has 1 aromatic rings. The monoisotopic (exact) mass is 285 g/mol. The van der Waals surface area contributed by atoms with Crippen molar-refractivity contribution >= 4 is 15.9 Å². The van der Waals surface area contributed by atoms with Crippen molar-refractivity contribution in [2.75, 3.05) is 27.3 Å². The van der Waals surface area contributed by atoms with Crippen LogP contribution in [0.2, 0.25) is 0 Å². The number of benzene rings is 1. The number of halogens is 1. The molecule has 0 radical (unpaired) electrons. The lowest BCUT2D eigenvalue weighted by Gasteiger charge is -2.41. The highest BCUT2D eigenvalue weighted by molar-refractivity contribution is 9.10. The van der Waals surface area contributed by atoms with Gasteiger partial charge < -0.3 is 14.8 Å². The molecule has 0 bridgehead atoms. The Balaban J connectivity index is 2.22. The lowest BCUT2D eigenvalue weighted by atomic mass is 9.88. The highest BCUT2D eigenvalue weighted by Gasteiger charge is 2.37. The largest absolute Gasteiger partial charge is 0.496 e. The third-order valence-corrected chi connectivity index (χ3v) is 3.58. The average molecular weight is 286 g/mol. The predicted octanol–water partition coefficient (Wildman–Crippen LogP) is 1.99. The third-order valence-electron chi connectivity index (χ3n) is 3.08. The summed E-state index contributed by atoms with van der Waals surface area (Å²) < 4.78 is 12.0. The van der Waals surface area contributed by atoms with Gasteiger partial charge in [0, 0.05) is 31.1 Å². The second-order valence-electron chi connectivity index (χ2n) is 4.12. The number of hydrogen-bond acceptors (Lipinski definition) is 3. The van der Waals surface area contributed by atoms with Crippen LogP contribution in [0.5, 0.6) is 5.75 Å². The topological polar surface area (TPSA) is 30.5 Å². The first-order chi connectivity index (χ1) is 7.69. The Kier molecular flexibility index (Phi) is 3.52. The molecule has 0 saturated carbocycles. The van der Waals surface area contributed by atoms with Gasteiger partial charge in [0.2, 0.25) is 0 Å². The van der Waals surface area contributed by atoms with Crippen LogP contribution in [0.3, 0.4) is 0 Å². The summed E-state index contributed by atoms with van der Waals surface area (Å²) in [4.78, 5) is 0. The van der Waals surface area contributed by atoms with Crippen molar-refractivity contribution in [3.05, 3.63) is 28.2 Å². The molecule has 16 heavy (non-hydrogen) atoms. The van der Waals surface area contributed by atoms with Crippen LogP contribution >= 0.6 is 15.9 Å². The maximum absolute atomic E-state index is 5.58. The number of hydrogen-bond donors (Lipinski definition) is 1. The number of rotatable bonds is 4. The van der Waals surface area contributed by atoms with Crippen LogP contribution in [0.25, 0.3) is 0 Å². The molecule has 2 rings (SSSR count). The van der Waals surface area contributed by atoms with Crippen molar-refractivity contribution < 1.29 is 9.47 Å². The van der Waals surface area contributed by atoms with Gasteiger partial charge in [-0.2, -0.15) is 0 Å². The Morgan fingerprint density at radius 3 is 2.62 bits per heavy atom. The van der Waals surface area contributed by atoms with Crippen LogP contribution in [0.15, 0.2) is 22.7 Å². The van der Waals surface area contributed by atoms with Crippen LogP contribution in [0.1, 0.15) is 5.56 Å². The van der Waals surface area contributed by atoms with Gasteiger partial charge in [-0.1, -0.05) is 15.9 Å². The van der Waals surface area contributed by atoms with E-state index < -0.39 is 0 Å². The molecule has 1 saturated heterocycles. The Bertz CT molecular complexity index is 372. The molecule has 0 unspecified atom stereocenters. The Morgan fingerprint density at radius 1 is 1.38 bits per heavy atom. The van der Waals surface area contributed by atoms with Gasteiger partial charge in [0.1, 0.15) is 5.75 Å². The molecule has 1 fully saturated rings. The lowest BCUT2D eigenvalue weighted by molar-refractivity contribution is -0.0505. The van der Waals surface area contributed by atoms with Crippen molar-refractivity contribution in [3.63, 3.8) is 0 Å². The van der Waals surface area contributed by atoms with Gasteiger partial charge in [-0.25, -0.2) is 0 Å². The van der Waals surface area contributed by atoms with Gasteiger partial charge in [-0.3, -0.25) is 0 Å². The molecule has 1 aliphatic rings. The van der Waals surface area contributed by atoms with Crippen LogP contribution in [-0.2, 0) is 11.2 Å². The quantitative estimate of drug-likeness (QED) is 0.918. The minimum absolute atomic E-state index is 0.0614. The van der Waals surface area contributed by atoms with E-state index in [1.54, 1.807) is 14.2 Å². The molecule has 0 atom stereocenters. The van der Waals surface area contributed by atoms with Gasteiger partial charge in [0.25, 0.3) is 0 Å². The van der Waals surface area contributed by atoms with Crippen molar-refractivity contribution in [2.24, 2.45) is 0 Å². The maximum atomic E-state index is 5.58. The minimum Gasteiger partial charge on any atom is -0.496 e. The summed E-state index contributed by atoms with van der Waals surface area (Å²) in [6.07, 6.45) is 0.874. The first-order valence-electron chi connectivity index (χ1n) is 5.27. The molecular formula is C12H16BrNO2. The second kappa shape index (κ2) is 4.73. The summed E-state index contributed by atoms with van der Waals surface area (Å²) in [6.45, 7) is 1.80. The summed E-state index contributed by atoms with van der Waals surface area (Å²) in [5.74, 6) is 0.923. The maximum Gasteiger partial charge on any atom is 0.122 e. The van der Waals surface area contributed by atoms with Gasteiger partial charge in [-0.05, 0) is 23.8 Å². The van der Waals surface area contributed by atoms with E-state index in [-0.39, 0.29) is 5.60 Å². The van der Waals surface area contributed by atoms with Gasteiger partial charge >= 0.3 is 0 Å². The fraction of sp³-hybridized carbons (Fsp3) is 0.500. The Hall–Kier alpha value is -0.580. The molecule has 0 aromatic heterocycles. The van der Waals surface area contributed by atoms with Crippen molar-refractivity contribution in [1.29, 1.82) is 0 Å². The smallest absolute Gasteiger partial charge is 0.122 e. The predicted molar refractivity (Wildman–Crippen MR) is 67.0 cm³/mol. The number of methoxy groups -OCH3 is 2. The van der Waals surface area contributed by atoms with E-state index >= 15 is 0 Å². The van der Waals surface area contributed by atoms with E-state index in [0.717, 1.165) is 29.7 Å². The van der Waals surface area contributed by atoms with E-state index in [4.69, 9.17) is 9.47 Å². The fourth-order valence-corrected chi connectivity index (χ4v) is 2.39. The molecule has 0 spiro atoms. The van der Waals surface area contributed by atoms with Gasteiger partial charge in [-0.15, -0.1) is 0 Å². The SMILES string of the molecule is COc1ccc(Br)cc1CC1(OC)CNC1. The van der Waals surface area contributed by atoms with Crippen molar-refractivity contribution in [2.45, 2.75) is 12.0 Å². The first-order valence-corrected chi connectivity index (χ1v) is 6.07. The van der Waals surface area contributed by atoms with Gasteiger partial charge in [0.15, 0.2) is 0 Å². The highest BCUT2D eigenvalue weighted by atomic mass is 79.9. The normalized spacial score (nSPS) is 17.9. The van der Waals surface area contributed by atoms with Crippen molar-refractivity contribution in [1.82, 2.24) is 5.32 Å². The van der Waals surface area contributed by atoms with Crippen LogP contribution in [0, 0.1) is 0 Å². The highest BCUT2D eigenvalue weighted by Crippen LogP contribution is 2.29. The number of ether oxygens (including phenoxy) is 2. The molecule has 1 heterocycles. The van der Waals surface area contributed by atoms with Crippen molar-refractivity contribution in [3.8, 4) is 5.75 Å². The summed E-state index contributed by atoms with van der Waals surface area (Å²) >= 11 is 3.48. The molecule has 1 aromatic carbocycles. The molecule has 0 aliphatic carbocycles. The van der Waals surface area contributed by atoms with E-state index in [0.29, 0.717) is 0 Å². The summed E-state index contributed by atoms with van der Waals surface area (Å²) in [6, 6.07) is 6.06. The summed E-state index contributed by atoms with van der Waals surface area (Å²) in [5, 5.41) is 3.25. The zero-order valence-corrected chi connectivity index (χ0v) is 11.1. The second-order valence-corrected chi connectivity index (χ2v) is 5.04. The first kappa shape index (κ1) is 11.9. The zero-order valence-electron chi connectivity index (χ0n) is 9.55. The standard InChI is InChI=1S/C12H16BrNO2/c1-15-11-4-3-10(13)5-9(11)6-12(16-2)7-14-8-12/h3-5,14H,6-8H2,1-2H3. The molecule has 0 amide bonds. The van der Waals surface area contributed by atoms with E-state index in [9.17, 15) is 0 Å². The van der Waals surface area contributed by atoms with E-state index in [1.807, 2.05) is 12.1 Å². The molecule has 1 aliphatic heterocycles. The van der Waals surface area contributed by atoms with E-state index in [2.05, 4.69) is 27.3 Å². The lowest BCUT2D eigenvalue weighted by Crippen LogP contribution is -2.61. The Morgan fingerprint density at radius 2 is 2.12 bits per heavy atom. The zero-order chi connectivity index (χ0) is 11.6. The summed E-state index contributed by atoms with van der Waals surface area (Å²) in [7, 11) is 3.47. The van der Waals surface area contributed by atoms with Gasteiger partial charge in [0.05, 0.1) is 12.7 Å². The minimum atomic E-state index is -0.0614. The van der Waals surface area contributed by atoms with Crippen LogP contribution in [-0.4, -0.2) is 32.9 Å². The average Bonchev–Trinajstić information content (AvgIpc) is 2.24. The van der Waals surface area contributed by atoms with E-state index in [1.165, 1.54) is 5.56 Å². The Labute approximate surface area is 104 Å². The van der Waals surface area contributed by atoms with Crippen LogP contribution < -0.4 is 10.1 Å². The molecule has 1 N–H and O–H groups in total. The molecular weight excluding hydrogens is 270 g/mol. The number of nitrogens with one attached hydrogen (secondary N) is 1. The molecule has 3 nitrogen and oxygen atoms in total. The summed E-state index contributed by atoms with van der Waals surface area (Å²) in [5.41, 5.74) is 1.12. The fourth-order valence-electron chi connectivity index (χ4n) is 1.98. The molecule has 88 valence electrons. The molecule has 4 heteroatoms. The third kappa shape index (κ3) is 2.24.